The van der Waals surface area contributed by atoms with Crippen LogP contribution in [0.5, 0.6) is 0 Å². The number of hydrogen-bond acceptors (Lipinski definition) is 3. The lowest BCUT2D eigenvalue weighted by atomic mass is 10.0. The molecule has 1 fully saturated rings. The first kappa shape index (κ1) is 16.3. The molecule has 7 nitrogen and oxygen atoms in total. The zero-order valence-corrected chi connectivity index (χ0v) is 12.2. The van der Waals surface area contributed by atoms with Crippen molar-refractivity contribution in [2.75, 3.05) is 13.6 Å². The molecule has 2 atom stereocenters. The quantitative estimate of drug-likeness (QED) is 0.696. The molecule has 1 rings (SSSR count). The molecule has 7 heteroatoms. The number of amides is 3. The number of carbonyl (C=O) groups is 3. The Morgan fingerprint density at radius 2 is 1.90 bits per heavy atom. The van der Waals surface area contributed by atoms with Gasteiger partial charge in [0.05, 0.1) is 0 Å². The fourth-order valence-corrected chi connectivity index (χ4v) is 2.34. The maximum Gasteiger partial charge on any atom is 0.326 e. The first-order valence-corrected chi connectivity index (χ1v) is 6.90. The summed E-state index contributed by atoms with van der Waals surface area (Å²) in [5.41, 5.74) is 0. The Balaban J connectivity index is 2.77. The van der Waals surface area contributed by atoms with Gasteiger partial charge < -0.3 is 20.6 Å². The SMILES string of the molecule is CNC(=O)C1CCCCN1C(=O)NC(C(=O)O)C(C)C. The van der Waals surface area contributed by atoms with Crippen LogP contribution < -0.4 is 10.6 Å². The van der Waals surface area contributed by atoms with Crippen LogP contribution in [0.4, 0.5) is 4.79 Å². The molecule has 2 unspecified atom stereocenters. The van der Waals surface area contributed by atoms with E-state index in [4.69, 9.17) is 5.11 Å². The molecule has 0 saturated carbocycles. The highest BCUT2D eigenvalue weighted by Crippen LogP contribution is 2.17. The molecular weight excluding hydrogens is 262 g/mol. The summed E-state index contributed by atoms with van der Waals surface area (Å²) in [5.74, 6) is -1.50. The van der Waals surface area contributed by atoms with E-state index in [9.17, 15) is 14.4 Å². The Kier molecular flexibility index (Phi) is 5.79. The number of nitrogens with one attached hydrogen (secondary N) is 2. The molecule has 0 aromatic rings. The second-order valence-electron chi connectivity index (χ2n) is 5.33. The summed E-state index contributed by atoms with van der Waals surface area (Å²) in [4.78, 5) is 36.6. The third-order valence-corrected chi connectivity index (χ3v) is 3.52. The molecule has 20 heavy (non-hydrogen) atoms. The zero-order valence-electron chi connectivity index (χ0n) is 12.2. The average molecular weight is 285 g/mol. The predicted molar refractivity (Wildman–Crippen MR) is 73.2 cm³/mol. The van der Waals surface area contributed by atoms with Crippen molar-refractivity contribution in [3.63, 3.8) is 0 Å². The molecule has 1 heterocycles. The van der Waals surface area contributed by atoms with Crippen LogP contribution in [0.15, 0.2) is 0 Å². The van der Waals surface area contributed by atoms with Gasteiger partial charge >= 0.3 is 12.0 Å². The number of rotatable bonds is 4. The number of nitrogens with zero attached hydrogens (tertiary/aromatic N) is 1. The summed E-state index contributed by atoms with van der Waals surface area (Å²) < 4.78 is 0. The second kappa shape index (κ2) is 7.12. The maximum atomic E-state index is 12.2. The highest BCUT2D eigenvalue weighted by molar-refractivity contribution is 5.89. The molecule has 0 aliphatic carbocycles. The van der Waals surface area contributed by atoms with Gasteiger partial charge in [-0.3, -0.25) is 4.79 Å². The van der Waals surface area contributed by atoms with Crippen LogP contribution in [0.25, 0.3) is 0 Å². The smallest absolute Gasteiger partial charge is 0.326 e. The fourth-order valence-electron chi connectivity index (χ4n) is 2.34. The summed E-state index contributed by atoms with van der Waals surface area (Å²) in [6.07, 6.45) is 2.31. The zero-order chi connectivity index (χ0) is 15.3. The van der Waals surface area contributed by atoms with Crippen molar-refractivity contribution in [2.45, 2.75) is 45.2 Å². The van der Waals surface area contributed by atoms with Crippen molar-refractivity contribution >= 4 is 17.9 Å². The Bertz CT molecular complexity index is 384. The van der Waals surface area contributed by atoms with E-state index in [-0.39, 0.29) is 11.8 Å². The van der Waals surface area contributed by atoms with Gasteiger partial charge in [0.15, 0.2) is 0 Å². The van der Waals surface area contributed by atoms with Crippen molar-refractivity contribution in [3.8, 4) is 0 Å². The topological polar surface area (TPSA) is 98.7 Å². The molecule has 3 N–H and O–H groups in total. The average Bonchev–Trinajstić information content (AvgIpc) is 2.42. The molecule has 0 bridgehead atoms. The number of carbonyl (C=O) groups excluding carboxylic acids is 2. The Morgan fingerprint density at radius 3 is 2.40 bits per heavy atom. The van der Waals surface area contributed by atoms with Gasteiger partial charge in [-0.2, -0.15) is 0 Å². The van der Waals surface area contributed by atoms with E-state index in [1.807, 2.05) is 0 Å². The molecule has 0 spiro atoms. The highest BCUT2D eigenvalue weighted by atomic mass is 16.4. The van der Waals surface area contributed by atoms with E-state index >= 15 is 0 Å². The van der Waals surface area contributed by atoms with Gasteiger partial charge in [-0.05, 0) is 25.2 Å². The minimum Gasteiger partial charge on any atom is -0.480 e. The first-order valence-electron chi connectivity index (χ1n) is 6.90. The number of carboxylic acid groups (broad SMARTS) is 1. The molecule has 1 aliphatic rings. The summed E-state index contributed by atoms with van der Waals surface area (Å²) in [6, 6.07) is -1.95. The van der Waals surface area contributed by atoms with E-state index in [1.165, 1.54) is 11.9 Å². The standard InChI is InChI=1S/C13H23N3O4/c1-8(2)10(12(18)19)15-13(20)16-7-5-4-6-9(16)11(17)14-3/h8-10H,4-7H2,1-3H3,(H,14,17)(H,15,20)(H,18,19). The van der Waals surface area contributed by atoms with Crippen LogP contribution in [-0.2, 0) is 9.59 Å². The number of piperidine rings is 1. The van der Waals surface area contributed by atoms with Gasteiger partial charge in [-0.15, -0.1) is 0 Å². The van der Waals surface area contributed by atoms with Crippen molar-refractivity contribution in [3.05, 3.63) is 0 Å². The van der Waals surface area contributed by atoms with E-state index < -0.39 is 24.1 Å². The molecular formula is C13H23N3O4. The third-order valence-electron chi connectivity index (χ3n) is 3.52. The van der Waals surface area contributed by atoms with Gasteiger partial charge in [-0.25, -0.2) is 9.59 Å². The van der Waals surface area contributed by atoms with Crippen LogP contribution in [0.1, 0.15) is 33.1 Å². The summed E-state index contributed by atoms with van der Waals surface area (Å²) in [5, 5.41) is 14.1. The van der Waals surface area contributed by atoms with Crippen LogP contribution in [0.2, 0.25) is 0 Å². The van der Waals surface area contributed by atoms with Gasteiger partial charge in [0.2, 0.25) is 5.91 Å². The van der Waals surface area contributed by atoms with E-state index in [2.05, 4.69) is 10.6 Å². The normalized spacial score (nSPS) is 20.4. The minimum atomic E-state index is -1.07. The van der Waals surface area contributed by atoms with Gasteiger partial charge in [0.1, 0.15) is 12.1 Å². The minimum absolute atomic E-state index is 0.212. The number of carboxylic acids is 1. The molecule has 114 valence electrons. The van der Waals surface area contributed by atoms with Crippen LogP contribution in [0.3, 0.4) is 0 Å². The largest absolute Gasteiger partial charge is 0.480 e. The number of aliphatic carboxylic acids is 1. The lowest BCUT2D eigenvalue weighted by molar-refractivity contribution is -0.140. The van der Waals surface area contributed by atoms with Crippen LogP contribution in [-0.4, -0.2) is 53.6 Å². The molecule has 0 aromatic heterocycles. The van der Waals surface area contributed by atoms with Crippen LogP contribution >= 0.6 is 0 Å². The Hall–Kier alpha value is -1.79. The number of urea groups is 1. The van der Waals surface area contributed by atoms with Crippen molar-refractivity contribution in [1.82, 2.24) is 15.5 Å². The summed E-state index contributed by atoms with van der Waals surface area (Å²) in [6.45, 7) is 3.92. The number of likely N-dealkylation sites (N-methyl/N-ethyl adjacent to an activating group) is 1. The van der Waals surface area contributed by atoms with Crippen LogP contribution in [0, 0.1) is 5.92 Å². The highest BCUT2D eigenvalue weighted by Gasteiger charge is 2.34. The molecule has 1 saturated heterocycles. The maximum absolute atomic E-state index is 12.2. The lowest BCUT2D eigenvalue weighted by Crippen LogP contribution is -2.57. The predicted octanol–water partition coefficient (Wildman–Crippen LogP) is 0.406. The van der Waals surface area contributed by atoms with E-state index in [1.54, 1.807) is 13.8 Å². The third kappa shape index (κ3) is 3.85. The van der Waals surface area contributed by atoms with E-state index in [0.717, 1.165) is 12.8 Å². The summed E-state index contributed by atoms with van der Waals surface area (Å²) >= 11 is 0. The molecule has 0 aromatic carbocycles. The first-order chi connectivity index (χ1) is 9.38. The van der Waals surface area contributed by atoms with Crippen molar-refractivity contribution in [1.29, 1.82) is 0 Å². The number of hydrogen-bond donors (Lipinski definition) is 3. The van der Waals surface area contributed by atoms with Crippen molar-refractivity contribution < 1.29 is 19.5 Å². The van der Waals surface area contributed by atoms with Crippen molar-refractivity contribution in [2.24, 2.45) is 5.92 Å². The Labute approximate surface area is 118 Å². The second-order valence-corrected chi connectivity index (χ2v) is 5.33. The summed E-state index contributed by atoms with van der Waals surface area (Å²) in [7, 11) is 1.53. The molecule has 0 radical (unpaired) electrons. The van der Waals surface area contributed by atoms with E-state index in [0.29, 0.717) is 13.0 Å². The fraction of sp³-hybridized carbons (Fsp3) is 0.769. The number of likely N-dealkylation sites (tertiary alicyclic amines) is 1. The lowest BCUT2D eigenvalue weighted by Gasteiger charge is -2.35. The monoisotopic (exact) mass is 285 g/mol. The Morgan fingerprint density at radius 1 is 1.25 bits per heavy atom. The van der Waals surface area contributed by atoms with Gasteiger partial charge in [0.25, 0.3) is 0 Å². The van der Waals surface area contributed by atoms with Gasteiger partial charge in [0, 0.05) is 13.6 Å². The molecule has 1 aliphatic heterocycles. The van der Waals surface area contributed by atoms with Gasteiger partial charge in [-0.1, -0.05) is 13.8 Å². The molecule has 3 amide bonds.